The second-order valence-corrected chi connectivity index (χ2v) is 4.86. The number of anilines is 2. The molecule has 0 aromatic carbocycles. The molecular weight excluding hydrogens is 270 g/mol. The van der Waals surface area contributed by atoms with Gasteiger partial charge in [0.15, 0.2) is 0 Å². The van der Waals surface area contributed by atoms with Gasteiger partial charge in [-0.2, -0.15) is 5.10 Å². The first-order chi connectivity index (χ1) is 10.2. The highest BCUT2D eigenvalue weighted by molar-refractivity contribution is 5.43. The molecule has 110 valence electrons. The molecule has 21 heavy (non-hydrogen) atoms. The minimum Gasteiger partial charge on any atom is -0.383 e. The van der Waals surface area contributed by atoms with Crippen LogP contribution in [-0.2, 0) is 11.3 Å². The molecule has 1 aliphatic rings. The summed E-state index contributed by atoms with van der Waals surface area (Å²) >= 11 is 0. The summed E-state index contributed by atoms with van der Waals surface area (Å²) in [7, 11) is 0. The minimum atomic E-state index is -0.151. The smallest absolute Gasteiger partial charge is 0.269 e. The van der Waals surface area contributed by atoms with E-state index in [0.29, 0.717) is 25.6 Å². The molecule has 7 heteroatoms. The van der Waals surface area contributed by atoms with Gasteiger partial charge in [0.25, 0.3) is 5.56 Å². The third-order valence-corrected chi connectivity index (χ3v) is 3.48. The zero-order valence-electron chi connectivity index (χ0n) is 11.6. The topological polar surface area (TPSA) is 86.3 Å². The van der Waals surface area contributed by atoms with Crippen molar-refractivity contribution < 1.29 is 4.74 Å². The number of hydrogen-bond acceptors (Lipinski definition) is 6. The number of nitrogens with zero attached hydrogens (tertiary/aromatic N) is 4. The molecule has 0 unspecified atom stereocenters. The Morgan fingerprint density at radius 3 is 2.86 bits per heavy atom. The Kier molecular flexibility index (Phi) is 3.83. The van der Waals surface area contributed by atoms with Crippen LogP contribution in [-0.4, -0.2) is 41.1 Å². The Balaban J connectivity index is 1.81. The first kappa shape index (κ1) is 13.6. The van der Waals surface area contributed by atoms with Gasteiger partial charge in [-0.15, -0.1) is 0 Å². The van der Waals surface area contributed by atoms with Crippen LogP contribution in [0, 0.1) is 0 Å². The van der Waals surface area contributed by atoms with E-state index in [9.17, 15) is 4.79 Å². The van der Waals surface area contributed by atoms with Crippen molar-refractivity contribution in [3.05, 3.63) is 46.5 Å². The lowest BCUT2D eigenvalue weighted by Gasteiger charge is -2.28. The van der Waals surface area contributed by atoms with Crippen LogP contribution in [0.1, 0.15) is 5.56 Å². The van der Waals surface area contributed by atoms with Crippen LogP contribution in [0.2, 0.25) is 0 Å². The van der Waals surface area contributed by atoms with Crippen molar-refractivity contribution in [2.24, 2.45) is 0 Å². The van der Waals surface area contributed by atoms with E-state index in [2.05, 4.69) is 15.0 Å². The van der Waals surface area contributed by atoms with Gasteiger partial charge in [-0.25, -0.2) is 9.67 Å². The second kappa shape index (κ2) is 5.92. The Labute approximate surface area is 122 Å². The summed E-state index contributed by atoms with van der Waals surface area (Å²) < 4.78 is 6.69. The molecule has 2 aromatic rings. The summed E-state index contributed by atoms with van der Waals surface area (Å²) in [5.41, 5.74) is 7.25. The molecule has 3 heterocycles. The maximum absolute atomic E-state index is 12.2. The molecule has 0 radical (unpaired) electrons. The van der Waals surface area contributed by atoms with Crippen LogP contribution >= 0.6 is 0 Å². The van der Waals surface area contributed by atoms with E-state index >= 15 is 0 Å². The highest BCUT2D eigenvalue weighted by Gasteiger charge is 2.13. The quantitative estimate of drug-likeness (QED) is 0.862. The van der Waals surface area contributed by atoms with Gasteiger partial charge in [0, 0.05) is 30.9 Å². The fraction of sp³-hybridized carbons (Fsp3) is 0.357. The highest BCUT2D eigenvalue weighted by atomic mass is 16.5. The summed E-state index contributed by atoms with van der Waals surface area (Å²) in [6.07, 6.45) is 3.33. The van der Waals surface area contributed by atoms with E-state index < -0.39 is 0 Å². The van der Waals surface area contributed by atoms with Crippen molar-refractivity contribution in [3.63, 3.8) is 0 Å². The molecule has 1 saturated heterocycles. The summed E-state index contributed by atoms with van der Waals surface area (Å²) in [6.45, 7) is 3.23. The standard InChI is InChI=1S/C14H17N5O2/c15-14-11(2-1-3-16-14)10-19-13(20)8-12(9-17-19)18-4-6-21-7-5-18/h1-3,8-9H,4-7,10H2,(H2,15,16). The van der Waals surface area contributed by atoms with E-state index in [-0.39, 0.29) is 5.56 Å². The van der Waals surface area contributed by atoms with Crippen LogP contribution in [0.4, 0.5) is 11.5 Å². The molecular formula is C14H17N5O2. The monoisotopic (exact) mass is 287 g/mol. The molecule has 0 spiro atoms. The first-order valence-electron chi connectivity index (χ1n) is 6.83. The van der Waals surface area contributed by atoms with Crippen LogP contribution in [0.3, 0.4) is 0 Å². The van der Waals surface area contributed by atoms with Crippen LogP contribution in [0.25, 0.3) is 0 Å². The predicted octanol–water partition coefficient (Wildman–Crippen LogP) is 0.105. The number of morpholine rings is 1. The zero-order chi connectivity index (χ0) is 14.7. The van der Waals surface area contributed by atoms with E-state index in [4.69, 9.17) is 10.5 Å². The van der Waals surface area contributed by atoms with E-state index in [1.807, 2.05) is 6.07 Å². The van der Waals surface area contributed by atoms with Crippen molar-refractivity contribution in [2.45, 2.75) is 6.54 Å². The van der Waals surface area contributed by atoms with Crippen molar-refractivity contribution in [1.82, 2.24) is 14.8 Å². The van der Waals surface area contributed by atoms with Gasteiger partial charge in [0.1, 0.15) is 5.82 Å². The van der Waals surface area contributed by atoms with Gasteiger partial charge in [0.2, 0.25) is 0 Å². The third kappa shape index (κ3) is 3.03. The van der Waals surface area contributed by atoms with Crippen LogP contribution in [0.15, 0.2) is 35.4 Å². The van der Waals surface area contributed by atoms with Crippen molar-refractivity contribution >= 4 is 11.5 Å². The maximum atomic E-state index is 12.2. The predicted molar refractivity (Wildman–Crippen MR) is 79.3 cm³/mol. The van der Waals surface area contributed by atoms with Gasteiger partial charge in [0.05, 0.1) is 31.6 Å². The highest BCUT2D eigenvalue weighted by Crippen LogP contribution is 2.12. The zero-order valence-corrected chi connectivity index (χ0v) is 11.6. The number of nitrogens with two attached hydrogens (primary N) is 1. The molecule has 0 bridgehead atoms. The average molecular weight is 287 g/mol. The van der Waals surface area contributed by atoms with Gasteiger partial charge < -0.3 is 15.4 Å². The fourth-order valence-electron chi connectivity index (χ4n) is 2.28. The van der Waals surface area contributed by atoms with Crippen molar-refractivity contribution in [2.75, 3.05) is 36.9 Å². The summed E-state index contributed by atoms with van der Waals surface area (Å²) in [5, 5.41) is 4.23. The second-order valence-electron chi connectivity index (χ2n) is 4.86. The number of rotatable bonds is 3. The summed E-state index contributed by atoms with van der Waals surface area (Å²) in [6, 6.07) is 5.23. The molecule has 1 fully saturated rings. The molecule has 0 saturated carbocycles. The molecule has 0 atom stereocenters. The molecule has 0 aliphatic carbocycles. The summed E-state index contributed by atoms with van der Waals surface area (Å²) in [4.78, 5) is 18.3. The number of nitrogen functional groups attached to an aromatic ring is 1. The van der Waals surface area contributed by atoms with Gasteiger partial charge in [-0.05, 0) is 6.07 Å². The van der Waals surface area contributed by atoms with Gasteiger partial charge in [-0.3, -0.25) is 4.79 Å². The lowest BCUT2D eigenvalue weighted by molar-refractivity contribution is 0.122. The molecule has 7 nitrogen and oxygen atoms in total. The lowest BCUT2D eigenvalue weighted by atomic mass is 10.2. The number of aromatic nitrogens is 3. The van der Waals surface area contributed by atoms with Gasteiger partial charge >= 0.3 is 0 Å². The minimum absolute atomic E-state index is 0.151. The summed E-state index contributed by atoms with van der Waals surface area (Å²) in [5.74, 6) is 0.420. The Morgan fingerprint density at radius 2 is 2.14 bits per heavy atom. The number of ether oxygens (including phenoxy) is 1. The van der Waals surface area contributed by atoms with E-state index in [1.54, 1.807) is 24.5 Å². The van der Waals surface area contributed by atoms with Crippen molar-refractivity contribution in [3.8, 4) is 0 Å². The number of pyridine rings is 1. The lowest BCUT2D eigenvalue weighted by Crippen LogP contribution is -2.37. The molecule has 3 rings (SSSR count). The van der Waals surface area contributed by atoms with E-state index in [0.717, 1.165) is 24.3 Å². The number of hydrogen-bond donors (Lipinski definition) is 1. The van der Waals surface area contributed by atoms with Crippen LogP contribution < -0.4 is 16.2 Å². The Hall–Kier alpha value is -2.41. The average Bonchev–Trinajstić information content (AvgIpc) is 2.52. The normalized spacial score (nSPS) is 15.1. The molecule has 2 N–H and O–H groups in total. The molecule has 0 amide bonds. The Morgan fingerprint density at radius 1 is 1.33 bits per heavy atom. The molecule has 2 aromatic heterocycles. The van der Waals surface area contributed by atoms with E-state index in [1.165, 1.54) is 4.68 Å². The van der Waals surface area contributed by atoms with Gasteiger partial charge in [-0.1, -0.05) is 6.07 Å². The maximum Gasteiger partial charge on any atom is 0.269 e. The molecule has 1 aliphatic heterocycles. The first-order valence-corrected chi connectivity index (χ1v) is 6.83. The third-order valence-electron chi connectivity index (χ3n) is 3.48. The Bertz CT molecular complexity index is 679. The SMILES string of the molecule is Nc1ncccc1Cn1ncc(N2CCOCC2)cc1=O. The fourth-order valence-corrected chi connectivity index (χ4v) is 2.28. The van der Waals surface area contributed by atoms with Crippen molar-refractivity contribution in [1.29, 1.82) is 0 Å². The largest absolute Gasteiger partial charge is 0.383 e. The van der Waals surface area contributed by atoms with Crippen LogP contribution in [0.5, 0.6) is 0 Å².